The molecule has 1 aromatic carbocycles. The van der Waals surface area contributed by atoms with E-state index in [0.29, 0.717) is 12.2 Å². The summed E-state index contributed by atoms with van der Waals surface area (Å²) >= 11 is 0. The summed E-state index contributed by atoms with van der Waals surface area (Å²) in [4.78, 5) is 35.0. The number of hydrogen-bond acceptors (Lipinski definition) is 13. The molecule has 2 aliphatic rings. The van der Waals surface area contributed by atoms with Crippen molar-refractivity contribution in [2.24, 2.45) is 5.18 Å². The van der Waals surface area contributed by atoms with Gasteiger partial charge in [0.05, 0.1) is 32.3 Å². The van der Waals surface area contributed by atoms with Crippen LogP contribution < -0.4 is 4.74 Å². The highest BCUT2D eigenvalue weighted by atomic mass is 16.7. The molecule has 7 atom stereocenters. The number of aliphatic hydroxyl groups is 3. The number of carbonyl (C=O) groups excluding carboxylic acids is 2. The fraction of sp³-hybridized carbons (Fsp3) is 0.714. The number of benzene rings is 1. The van der Waals surface area contributed by atoms with E-state index in [1.165, 1.54) is 0 Å². The molecular formula is C28H41NO12. The smallest absolute Gasteiger partial charge is 0.434 e. The summed E-state index contributed by atoms with van der Waals surface area (Å²) in [6.07, 6.45) is -8.68. The Balaban J connectivity index is 1.44. The lowest BCUT2D eigenvalue weighted by Gasteiger charge is -2.41. The minimum absolute atomic E-state index is 0.00333. The van der Waals surface area contributed by atoms with Gasteiger partial charge in [-0.15, -0.1) is 0 Å². The maximum Gasteiger partial charge on any atom is 0.513 e. The van der Waals surface area contributed by atoms with Crippen LogP contribution in [0.4, 0.5) is 4.79 Å². The van der Waals surface area contributed by atoms with Gasteiger partial charge in [-0.1, -0.05) is 51.1 Å². The molecule has 0 amide bonds. The maximum atomic E-state index is 12.4. The molecule has 3 unspecified atom stereocenters. The second-order valence-corrected chi connectivity index (χ2v) is 10.7. The van der Waals surface area contributed by atoms with Crippen LogP contribution in [0, 0.1) is 4.91 Å². The molecule has 0 radical (unpaired) electrons. The zero-order valence-corrected chi connectivity index (χ0v) is 23.8. The van der Waals surface area contributed by atoms with Crippen LogP contribution in [-0.2, 0) is 28.5 Å². The normalized spacial score (nSPS) is 28.6. The first-order valence-corrected chi connectivity index (χ1v) is 13.9. The van der Waals surface area contributed by atoms with Gasteiger partial charge in [-0.25, -0.2) is 4.79 Å². The van der Waals surface area contributed by atoms with Crippen molar-refractivity contribution in [3.05, 3.63) is 34.2 Å². The SMILES string of the molecule is CC(C)c1cccc(C(C)C)c1OC(=O)OCCCO[C@H]1CC(O)[C@H](O[C@@H]2CC(=O)[C@H](O)C(CN=O)O2)C(CO)O1. The number of nitrogens with zero attached hydrogens (tertiary/aromatic N) is 1. The Bertz CT molecular complexity index is 992. The van der Waals surface area contributed by atoms with E-state index in [1.807, 2.05) is 45.9 Å². The Morgan fingerprint density at radius 3 is 2.32 bits per heavy atom. The van der Waals surface area contributed by atoms with Crippen molar-refractivity contribution >= 4 is 11.9 Å². The highest BCUT2D eigenvalue weighted by Gasteiger charge is 2.44. The molecule has 0 aliphatic carbocycles. The molecule has 2 heterocycles. The predicted molar refractivity (Wildman–Crippen MR) is 143 cm³/mol. The third-order valence-corrected chi connectivity index (χ3v) is 6.94. The third-order valence-electron chi connectivity index (χ3n) is 6.94. The van der Waals surface area contributed by atoms with Crippen LogP contribution in [-0.4, -0.2) is 96.7 Å². The van der Waals surface area contributed by atoms with E-state index in [0.717, 1.165) is 11.1 Å². The largest absolute Gasteiger partial charge is 0.513 e. The van der Waals surface area contributed by atoms with Crippen molar-refractivity contribution in [1.29, 1.82) is 0 Å². The summed E-state index contributed by atoms with van der Waals surface area (Å²) in [5.74, 6) is 0.250. The summed E-state index contributed by atoms with van der Waals surface area (Å²) in [7, 11) is 0. The number of aliphatic hydroxyl groups excluding tert-OH is 3. The molecule has 2 saturated heterocycles. The Morgan fingerprint density at radius 2 is 1.71 bits per heavy atom. The average molecular weight is 584 g/mol. The number of Topliss-reactive ketones (excluding diaryl/α,β-unsaturated/α-hetero) is 1. The monoisotopic (exact) mass is 583 g/mol. The molecular weight excluding hydrogens is 542 g/mol. The molecule has 0 bridgehead atoms. The van der Waals surface area contributed by atoms with Crippen molar-refractivity contribution in [3.63, 3.8) is 0 Å². The van der Waals surface area contributed by atoms with Gasteiger partial charge in [0.2, 0.25) is 0 Å². The van der Waals surface area contributed by atoms with Crippen LogP contribution in [0.15, 0.2) is 23.4 Å². The number of para-hydroxylation sites is 1. The zero-order valence-electron chi connectivity index (χ0n) is 23.8. The van der Waals surface area contributed by atoms with E-state index in [1.54, 1.807) is 0 Å². The molecule has 13 heteroatoms. The van der Waals surface area contributed by atoms with Gasteiger partial charge in [0.1, 0.15) is 36.7 Å². The second kappa shape index (κ2) is 15.6. The molecule has 2 aliphatic heterocycles. The van der Waals surface area contributed by atoms with E-state index < -0.39 is 68.2 Å². The van der Waals surface area contributed by atoms with Gasteiger partial charge in [0.15, 0.2) is 18.4 Å². The Morgan fingerprint density at radius 1 is 1.05 bits per heavy atom. The van der Waals surface area contributed by atoms with Gasteiger partial charge in [0, 0.05) is 12.8 Å². The van der Waals surface area contributed by atoms with Gasteiger partial charge < -0.3 is 43.7 Å². The van der Waals surface area contributed by atoms with Gasteiger partial charge in [-0.3, -0.25) is 4.79 Å². The van der Waals surface area contributed by atoms with E-state index in [-0.39, 0.29) is 37.9 Å². The van der Waals surface area contributed by atoms with E-state index >= 15 is 0 Å². The average Bonchev–Trinajstić information content (AvgIpc) is 2.92. The minimum atomic E-state index is -1.49. The summed E-state index contributed by atoms with van der Waals surface area (Å²) in [6.45, 7) is 7.28. The number of ether oxygens (including phenoxy) is 6. The number of rotatable bonds is 13. The second-order valence-electron chi connectivity index (χ2n) is 10.7. The Labute approximate surface area is 239 Å². The predicted octanol–water partition coefficient (Wildman–Crippen LogP) is 2.52. The van der Waals surface area contributed by atoms with Crippen LogP contribution in [0.3, 0.4) is 0 Å². The number of ketones is 1. The maximum absolute atomic E-state index is 12.4. The molecule has 1 aromatic rings. The van der Waals surface area contributed by atoms with Crippen LogP contribution in [0.1, 0.15) is 69.9 Å². The van der Waals surface area contributed by atoms with Crippen LogP contribution in [0.2, 0.25) is 0 Å². The van der Waals surface area contributed by atoms with Crippen molar-refractivity contribution in [2.45, 2.75) is 102 Å². The lowest BCUT2D eigenvalue weighted by molar-refractivity contribution is -0.305. The number of nitroso groups, excluding NO2 is 1. The molecule has 2 fully saturated rings. The minimum Gasteiger partial charge on any atom is -0.434 e. The first kappa shape index (κ1) is 33.0. The molecule has 0 aromatic heterocycles. The van der Waals surface area contributed by atoms with E-state index in [9.17, 15) is 29.8 Å². The first-order chi connectivity index (χ1) is 19.5. The van der Waals surface area contributed by atoms with Crippen molar-refractivity contribution in [1.82, 2.24) is 0 Å². The molecule has 3 rings (SSSR count). The van der Waals surface area contributed by atoms with Crippen molar-refractivity contribution in [3.8, 4) is 5.75 Å². The van der Waals surface area contributed by atoms with E-state index in [2.05, 4.69) is 5.18 Å². The summed E-state index contributed by atoms with van der Waals surface area (Å²) < 4.78 is 33.3. The van der Waals surface area contributed by atoms with Crippen LogP contribution in [0.25, 0.3) is 0 Å². The Kier molecular flexibility index (Phi) is 12.6. The first-order valence-electron chi connectivity index (χ1n) is 13.9. The zero-order chi connectivity index (χ0) is 30.1. The van der Waals surface area contributed by atoms with Gasteiger partial charge in [-0.05, 0) is 23.0 Å². The lowest BCUT2D eigenvalue weighted by Crippen LogP contribution is -2.55. The number of hydrogen-bond donors (Lipinski definition) is 3. The van der Waals surface area contributed by atoms with Gasteiger partial charge in [-0.2, -0.15) is 4.91 Å². The summed E-state index contributed by atoms with van der Waals surface area (Å²) in [6, 6.07) is 5.79. The molecule has 13 nitrogen and oxygen atoms in total. The molecule has 230 valence electrons. The molecule has 0 saturated carbocycles. The Hall–Kier alpha value is -2.52. The standard InChI is InChI=1S/C28H41NO12/c1-15(2)17-7-5-8-18(16(3)4)26(17)41-28(34)37-10-6-9-36-23-12-20(32)27(22(14-30)39-23)40-24-11-19(31)25(33)21(38-24)13-29-35/h5,7-8,15-16,20-25,27,30,32-33H,6,9-14H2,1-4H3/t20?,21?,22?,23-,24-,25+,27+/m1/s1. The van der Waals surface area contributed by atoms with Crippen LogP contribution >= 0.6 is 0 Å². The summed E-state index contributed by atoms with van der Waals surface area (Å²) in [5, 5.41) is 33.0. The number of carbonyl (C=O) groups is 2. The quantitative estimate of drug-likeness (QED) is 0.134. The van der Waals surface area contributed by atoms with Gasteiger partial charge >= 0.3 is 6.16 Å². The highest BCUT2D eigenvalue weighted by molar-refractivity contribution is 5.84. The fourth-order valence-corrected chi connectivity index (χ4v) is 4.76. The fourth-order valence-electron chi connectivity index (χ4n) is 4.76. The molecule has 0 spiro atoms. The van der Waals surface area contributed by atoms with Crippen molar-refractivity contribution < 1.29 is 53.3 Å². The van der Waals surface area contributed by atoms with Crippen molar-refractivity contribution in [2.75, 3.05) is 26.4 Å². The topological polar surface area (TPSA) is 180 Å². The molecule has 3 N–H and O–H groups in total. The van der Waals surface area contributed by atoms with E-state index in [4.69, 9.17) is 28.4 Å². The lowest BCUT2D eigenvalue weighted by atomic mass is 9.94. The summed E-state index contributed by atoms with van der Waals surface area (Å²) in [5.41, 5.74) is 1.84. The third kappa shape index (κ3) is 8.98. The van der Waals surface area contributed by atoms with Gasteiger partial charge in [0.25, 0.3) is 0 Å². The van der Waals surface area contributed by atoms with Crippen LogP contribution in [0.5, 0.6) is 5.75 Å². The highest BCUT2D eigenvalue weighted by Crippen LogP contribution is 2.35. The molecule has 41 heavy (non-hydrogen) atoms.